The first-order chi connectivity index (χ1) is 7.01. The molecule has 0 saturated heterocycles. The Morgan fingerprint density at radius 2 is 2.20 bits per heavy atom. The van der Waals surface area contributed by atoms with Crippen LogP contribution in [-0.2, 0) is 14.3 Å². The predicted molar refractivity (Wildman–Crippen MR) is 57.4 cm³/mol. The standard InChI is InChI=1S/C10H14ClNO3/c1-6-4-7(5-13)8(12)10(11,15-3)9(6)14-2/h4-5,8H,12H2,1-3H3. The van der Waals surface area contributed by atoms with Gasteiger partial charge in [0.15, 0.2) is 0 Å². The van der Waals surface area contributed by atoms with Gasteiger partial charge in [-0.3, -0.25) is 4.79 Å². The van der Waals surface area contributed by atoms with E-state index < -0.39 is 11.1 Å². The Labute approximate surface area is 93.7 Å². The number of halogens is 1. The molecule has 15 heavy (non-hydrogen) atoms. The van der Waals surface area contributed by atoms with Gasteiger partial charge in [0.2, 0.25) is 5.06 Å². The smallest absolute Gasteiger partial charge is 0.218 e. The SMILES string of the molecule is COC1=C(C)C=C(C=O)C(N)C1(Cl)OC. The van der Waals surface area contributed by atoms with E-state index in [9.17, 15) is 4.79 Å². The fourth-order valence-electron chi connectivity index (χ4n) is 1.66. The van der Waals surface area contributed by atoms with E-state index >= 15 is 0 Å². The van der Waals surface area contributed by atoms with Gasteiger partial charge in [-0.2, -0.15) is 0 Å². The Morgan fingerprint density at radius 3 is 2.60 bits per heavy atom. The molecule has 4 nitrogen and oxygen atoms in total. The number of rotatable bonds is 3. The fourth-order valence-corrected chi connectivity index (χ4v) is 2.01. The third kappa shape index (κ3) is 1.80. The van der Waals surface area contributed by atoms with Crippen molar-refractivity contribution in [1.82, 2.24) is 0 Å². The molecule has 1 aliphatic rings. The highest BCUT2D eigenvalue weighted by atomic mass is 35.5. The maximum absolute atomic E-state index is 10.8. The summed E-state index contributed by atoms with van der Waals surface area (Å²) in [5.74, 6) is 0.435. The van der Waals surface area contributed by atoms with Gasteiger partial charge in [-0.15, -0.1) is 0 Å². The molecule has 0 spiro atoms. The maximum Gasteiger partial charge on any atom is 0.218 e. The minimum Gasteiger partial charge on any atom is -0.496 e. The average molecular weight is 232 g/mol. The Morgan fingerprint density at radius 1 is 1.60 bits per heavy atom. The topological polar surface area (TPSA) is 61.5 Å². The molecule has 1 aliphatic carbocycles. The van der Waals surface area contributed by atoms with E-state index in [1.54, 1.807) is 13.0 Å². The lowest BCUT2D eigenvalue weighted by molar-refractivity contribution is -0.105. The van der Waals surface area contributed by atoms with Crippen molar-refractivity contribution in [2.45, 2.75) is 18.0 Å². The highest BCUT2D eigenvalue weighted by Gasteiger charge is 2.45. The molecule has 0 aromatic rings. The zero-order chi connectivity index (χ0) is 11.6. The quantitative estimate of drug-likeness (QED) is 0.581. The van der Waals surface area contributed by atoms with Crippen LogP contribution in [0.25, 0.3) is 0 Å². The van der Waals surface area contributed by atoms with Gasteiger partial charge in [-0.1, -0.05) is 11.6 Å². The maximum atomic E-state index is 10.8. The highest BCUT2D eigenvalue weighted by molar-refractivity contribution is 6.26. The molecule has 0 amide bonds. The number of nitrogens with two attached hydrogens (primary N) is 1. The van der Waals surface area contributed by atoms with Gasteiger partial charge in [0, 0.05) is 12.7 Å². The van der Waals surface area contributed by atoms with E-state index in [0.29, 0.717) is 17.6 Å². The summed E-state index contributed by atoms with van der Waals surface area (Å²) in [6, 6.07) is -0.736. The van der Waals surface area contributed by atoms with E-state index in [-0.39, 0.29) is 0 Å². The van der Waals surface area contributed by atoms with Crippen LogP contribution >= 0.6 is 11.6 Å². The molecular formula is C10H14ClNO3. The number of allylic oxidation sites excluding steroid dienone is 2. The van der Waals surface area contributed by atoms with Crippen LogP contribution in [0.2, 0.25) is 0 Å². The summed E-state index contributed by atoms with van der Waals surface area (Å²) in [5.41, 5.74) is 6.96. The molecular weight excluding hydrogens is 218 g/mol. The van der Waals surface area contributed by atoms with Gasteiger partial charge >= 0.3 is 0 Å². The largest absolute Gasteiger partial charge is 0.496 e. The molecule has 0 aliphatic heterocycles. The highest BCUT2D eigenvalue weighted by Crippen LogP contribution is 2.38. The van der Waals surface area contributed by atoms with Crippen LogP contribution in [0.4, 0.5) is 0 Å². The van der Waals surface area contributed by atoms with Gasteiger partial charge in [0.05, 0.1) is 13.2 Å². The number of methoxy groups -OCH3 is 2. The number of ether oxygens (including phenoxy) is 2. The molecule has 0 saturated carbocycles. The van der Waals surface area contributed by atoms with Crippen LogP contribution in [0.5, 0.6) is 0 Å². The van der Waals surface area contributed by atoms with Crippen molar-refractivity contribution in [2.24, 2.45) is 5.73 Å². The third-order valence-corrected chi connectivity index (χ3v) is 3.01. The molecule has 0 fully saturated rings. The molecule has 2 unspecified atom stereocenters. The first-order valence-corrected chi connectivity index (χ1v) is 4.80. The molecule has 84 valence electrons. The lowest BCUT2D eigenvalue weighted by Crippen LogP contribution is -2.50. The monoisotopic (exact) mass is 231 g/mol. The minimum absolute atomic E-state index is 0.394. The van der Waals surface area contributed by atoms with Crippen LogP contribution in [0.3, 0.4) is 0 Å². The number of carbonyl (C=O) groups is 1. The van der Waals surface area contributed by atoms with Crippen LogP contribution in [0.1, 0.15) is 6.92 Å². The molecule has 2 N–H and O–H groups in total. The van der Waals surface area contributed by atoms with Crippen LogP contribution in [0.15, 0.2) is 23.0 Å². The Hall–Kier alpha value is -0.840. The number of hydrogen-bond donors (Lipinski definition) is 1. The number of carbonyl (C=O) groups excluding carboxylic acids is 1. The van der Waals surface area contributed by atoms with Gasteiger partial charge in [0.1, 0.15) is 12.0 Å². The van der Waals surface area contributed by atoms with Crippen LogP contribution in [-0.4, -0.2) is 31.6 Å². The van der Waals surface area contributed by atoms with E-state index in [0.717, 1.165) is 5.57 Å². The van der Waals surface area contributed by atoms with Crippen LogP contribution in [0, 0.1) is 0 Å². The molecule has 0 radical (unpaired) electrons. The summed E-state index contributed by atoms with van der Waals surface area (Å²) >= 11 is 6.21. The molecule has 0 heterocycles. The van der Waals surface area contributed by atoms with Crippen molar-refractivity contribution in [1.29, 1.82) is 0 Å². The molecule has 0 bridgehead atoms. The van der Waals surface area contributed by atoms with Gasteiger partial charge in [-0.25, -0.2) is 0 Å². The van der Waals surface area contributed by atoms with Gasteiger partial charge < -0.3 is 15.2 Å². The first kappa shape index (κ1) is 12.2. The summed E-state index contributed by atoms with van der Waals surface area (Å²) in [6.45, 7) is 1.78. The lowest BCUT2D eigenvalue weighted by atomic mass is 9.91. The molecule has 5 heteroatoms. The van der Waals surface area contributed by atoms with E-state index in [1.807, 2.05) is 0 Å². The molecule has 0 aromatic carbocycles. The Balaban J connectivity index is 3.30. The zero-order valence-corrected chi connectivity index (χ0v) is 9.67. The molecule has 1 rings (SSSR count). The van der Waals surface area contributed by atoms with Crippen molar-refractivity contribution >= 4 is 17.9 Å². The van der Waals surface area contributed by atoms with Crippen molar-refractivity contribution < 1.29 is 14.3 Å². The number of hydrogen-bond acceptors (Lipinski definition) is 4. The third-order valence-electron chi connectivity index (χ3n) is 2.45. The second-order valence-corrected chi connectivity index (χ2v) is 3.87. The normalized spacial score (nSPS) is 31.3. The summed E-state index contributed by atoms with van der Waals surface area (Å²) in [7, 11) is 2.91. The van der Waals surface area contributed by atoms with Crippen molar-refractivity contribution in [3.63, 3.8) is 0 Å². The van der Waals surface area contributed by atoms with E-state index in [2.05, 4.69) is 0 Å². The summed E-state index contributed by atoms with van der Waals surface area (Å²) in [6.07, 6.45) is 2.33. The van der Waals surface area contributed by atoms with Crippen LogP contribution < -0.4 is 5.73 Å². The summed E-state index contributed by atoms with van der Waals surface area (Å²) < 4.78 is 10.3. The molecule has 2 atom stereocenters. The van der Waals surface area contributed by atoms with Crippen molar-refractivity contribution in [3.05, 3.63) is 23.0 Å². The second kappa shape index (κ2) is 4.35. The fraction of sp³-hybridized carbons (Fsp3) is 0.500. The lowest BCUT2D eigenvalue weighted by Gasteiger charge is -2.36. The van der Waals surface area contributed by atoms with Crippen molar-refractivity contribution in [3.8, 4) is 0 Å². The number of aldehydes is 1. The predicted octanol–water partition coefficient (Wildman–Crippen LogP) is 0.955. The van der Waals surface area contributed by atoms with Gasteiger partial charge in [-0.05, 0) is 18.6 Å². The molecule has 0 aromatic heterocycles. The first-order valence-electron chi connectivity index (χ1n) is 4.43. The zero-order valence-electron chi connectivity index (χ0n) is 8.91. The average Bonchev–Trinajstić information content (AvgIpc) is 2.24. The second-order valence-electron chi connectivity index (χ2n) is 3.31. The van der Waals surface area contributed by atoms with E-state index in [4.69, 9.17) is 26.8 Å². The Kier molecular flexibility index (Phi) is 3.54. The Bertz CT molecular complexity index is 338. The number of alkyl halides is 1. The van der Waals surface area contributed by atoms with Crippen molar-refractivity contribution in [2.75, 3.05) is 14.2 Å². The van der Waals surface area contributed by atoms with E-state index in [1.165, 1.54) is 14.2 Å². The summed E-state index contributed by atoms with van der Waals surface area (Å²) in [5, 5.41) is -1.30. The van der Waals surface area contributed by atoms with Gasteiger partial charge in [0.25, 0.3) is 0 Å². The summed E-state index contributed by atoms with van der Waals surface area (Å²) in [4.78, 5) is 10.8. The minimum atomic E-state index is -1.30.